The second kappa shape index (κ2) is 29.7. The summed E-state index contributed by atoms with van der Waals surface area (Å²) in [5.41, 5.74) is 11.9. The molecule has 0 aliphatic carbocycles. The number of aromatic nitrogens is 4. The minimum absolute atomic E-state index is 0.164. The molecule has 24 aromatic carbocycles. The van der Waals surface area contributed by atoms with E-state index in [2.05, 4.69) is 294 Å². The molecule has 0 radical (unpaired) electrons. The van der Waals surface area contributed by atoms with Gasteiger partial charge in [-0.2, -0.15) is 10.5 Å². The lowest BCUT2D eigenvalue weighted by Gasteiger charge is -2.12. The number of para-hydroxylation sites is 2. The van der Waals surface area contributed by atoms with Gasteiger partial charge in [-0.15, -0.1) is 0 Å². The third-order valence-electron chi connectivity index (χ3n) is 26.0. The highest BCUT2D eigenvalue weighted by Crippen LogP contribution is 2.50. The zero-order valence-corrected chi connectivity index (χ0v) is 68.6. The molecule has 592 valence electrons. The SMILES string of the molecule is N#Cc1ccc(-n2c3cc4ccccc4cc3c3c4ccccc4c4ccccc4c32)cc1.N#Cc1ccc(-n2c3ccc4ccccc4c3c3c4ccccc4c4ccccc4c32)cc1.[2H]c1c([2H])c([2H])c(-n2c3c4ccccc4ccc3c3c4ccccc4c4ccccc4c32)c([2H])c1[2H].[2H]c1c([2H])c([2H])c(-n2c3cc4ccccc4cc3c3c4ccccc4c4ccccc4c32)c([2H])c1[2H]. The van der Waals surface area contributed by atoms with Crippen molar-refractivity contribution >= 4 is 216 Å². The first-order valence-electron chi connectivity index (χ1n) is 47.8. The summed E-state index contributed by atoms with van der Waals surface area (Å²) in [7, 11) is 0. The number of fused-ring (bicyclic) bond motifs is 38. The molecule has 0 saturated carbocycles. The summed E-state index contributed by atoms with van der Waals surface area (Å²) in [6.07, 6.45) is 0. The molecule has 0 aliphatic heterocycles. The van der Waals surface area contributed by atoms with E-state index in [9.17, 15) is 10.5 Å². The first-order chi connectivity index (χ1) is 67.6. The Morgan fingerprint density at radius 3 is 0.844 bits per heavy atom. The molecular formula is C122H74N6. The molecule has 0 N–H and O–H groups in total. The van der Waals surface area contributed by atoms with Gasteiger partial charge in [-0.25, -0.2) is 0 Å². The molecule has 128 heavy (non-hydrogen) atoms. The summed E-state index contributed by atoms with van der Waals surface area (Å²) in [6, 6.07) is 136. The summed E-state index contributed by atoms with van der Waals surface area (Å²) >= 11 is 0. The Hall–Kier alpha value is -17.4. The van der Waals surface area contributed by atoms with E-state index < -0.39 is 12.1 Å². The van der Waals surface area contributed by atoms with Crippen LogP contribution >= 0.6 is 0 Å². The molecule has 0 spiro atoms. The molecule has 0 unspecified atom stereocenters. The van der Waals surface area contributed by atoms with Crippen molar-refractivity contribution < 1.29 is 13.7 Å². The number of nitriles is 2. The predicted octanol–water partition coefficient (Wildman–Crippen LogP) is 32.7. The molecule has 6 nitrogen and oxygen atoms in total. The van der Waals surface area contributed by atoms with Crippen LogP contribution in [0.3, 0.4) is 0 Å². The minimum atomic E-state index is -0.394. The number of benzene rings is 24. The number of nitrogens with zero attached hydrogens (tertiary/aromatic N) is 6. The standard InChI is InChI=1S/2C31H18N2.2C30H19N/c32-19-20-13-16-22(17-14-20)33-28-18-15-21-7-1-2-8-23(21)29(28)30-26-11-5-3-9-24(26)25-10-4-6-12-27(25)31(30)33;32-19-20-13-15-23(16-14-20)33-29-18-22-8-2-1-7-21(22)17-28(29)30-26-11-5-3-9-24(26)25-10-4-6-12-27(25)31(30)33;1-2-12-22(13-3-1)31-28-19-21-11-5-4-10-20(21)18-27(28)29-25-16-8-6-14-23(25)24-15-7-9-17-26(24)30(29)31;1-2-11-21(12-3-1)31-29-22-13-5-4-10-20(22)18-19-27(29)28-25-16-8-6-14-23(25)24-15-7-9-17-26(24)30(28)31/h2*1-18H;2*1-19H/i;;1D,2D,3D,12D,13D;1D,2D,3D,11D,12D. The third-order valence-corrected chi connectivity index (χ3v) is 26.0. The van der Waals surface area contributed by atoms with Crippen LogP contribution < -0.4 is 0 Å². The Morgan fingerprint density at radius 1 is 0.172 bits per heavy atom. The van der Waals surface area contributed by atoms with Crippen LogP contribution in [0.4, 0.5) is 0 Å². The van der Waals surface area contributed by atoms with Crippen LogP contribution in [-0.2, 0) is 0 Å². The van der Waals surface area contributed by atoms with Crippen LogP contribution in [0.25, 0.3) is 239 Å². The molecule has 0 amide bonds. The van der Waals surface area contributed by atoms with E-state index in [1.54, 1.807) is 0 Å². The van der Waals surface area contributed by atoms with Gasteiger partial charge in [-0.3, -0.25) is 0 Å². The minimum Gasteiger partial charge on any atom is -0.309 e. The molecule has 28 rings (SSSR count). The third kappa shape index (κ3) is 11.4. The van der Waals surface area contributed by atoms with Gasteiger partial charge in [0.15, 0.2) is 0 Å². The Kier molecular flexibility index (Phi) is 14.7. The average Bonchev–Trinajstić information content (AvgIpc) is 1.50. The monoisotopic (exact) mass is 1630 g/mol. The van der Waals surface area contributed by atoms with Crippen LogP contribution in [-0.4, -0.2) is 18.3 Å². The first-order valence-corrected chi connectivity index (χ1v) is 42.8. The lowest BCUT2D eigenvalue weighted by atomic mass is 9.95. The maximum absolute atomic E-state index is 9.32. The zero-order chi connectivity index (χ0) is 93.3. The van der Waals surface area contributed by atoms with Gasteiger partial charge in [0, 0.05) is 92.8 Å². The van der Waals surface area contributed by atoms with Crippen LogP contribution in [0.5, 0.6) is 0 Å². The van der Waals surface area contributed by atoms with E-state index in [0.29, 0.717) is 11.1 Å². The molecule has 4 aromatic heterocycles. The van der Waals surface area contributed by atoms with Crippen molar-refractivity contribution in [1.29, 1.82) is 10.5 Å². The van der Waals surface area contributed by atoms with Crippen molar-refractivity contribution in [2.45, 2.75) is 0 Å². The van der Waals surface area contributed by atoms with Crippen molar-refractivity contribution in [1.82, 2.24) is 18.3 Å². The van der Waals surface area contributed by atoms with Gasteiger partial charge in [0.1, 0.15) is 0 Å². The van der Waals surface area contributed by atoms with Gasteiger partial charge in [-0.05, 0) is 205 Å². The molecule has 28 aromatic rings. The Balaban J connectivity index is 0.0000000976. The fraction of sp³-hybridized carbons (Fsp3) is 0. The van der Waals surface area contributed by atoms with E-state index in [-0.39, 0.29) is 59.7 Å². The molecule has 0 atom stereocenters. The second-order valence-electron chi connectivity index (χ2n) is 32.7. The van der Waals surface area contributed by atoms with E-state index in [1.165, 1.54) is 108 Å². The smallest absolute Gasteiger partial charge is 0.0991 e. The summed E-state index contributed by atoms with van der Waals surface area (Å²) in [5, 5.41) is 55.2. The molecule has 4 heterocycles. The fourth-order valence-electron chi connectivity index (χ4n) is 20.7. The number of rotatable bonds is 4. The zero-order valence-electron chi connectivity index (χ0n) is 78.6. The van der Waals surface area contributed by atoms with E-state index >= 15 is 0 Å². The Labute approximate surface area is 749 Å². The normalized spacial score (nSPS) is 12.8. The Morgan fingerprint density at radius 2 is 0.445 bits per heavy atom. The maximum Gasteiger partial charge on any atom is 0.0991 e. The maximum atomic E-state index is 9.32. The molecule has 0 aliphatic rings. The van der Waals surface area contributed by atoms with Crippen molar-refractivity contribution in [2.75, 3.05) is 0 Å². The highest BCUT2D eigenvalue weighted by atomic mass is 15.0. The van der Waals surface area contributed by atoms with Crippen LogP contribution in [0.15, 0.2) is 449 Å². The van der Waals surface area contributed by atoms with Gasteiger partial charge in [0.05, 0.1) is 81.1 Å². The summed E-state index contributed by atoms with van der Waals surface area (Å²) in [5.74, 6) is 0. The highest BCUT2D eigenvalue weighted by Gasteiger charge is 2.26. The molecule has 0 bridgehead atoms. The largest absolute Gasteiger partial charge is 0.309 e. The van der Waals surface area contributed by atoms with E-state index in [1.807, 2.05) is 124 Å². The van der Waals surface area contributed by atoms with Gasteiger partial charge in [-0.1, -0.05) is 346 Å². The average molecular weight is 1630 g/mol. The first kappa shape index (κ1) is 63.5. The van der Waals surface area contributed by atoms with Crippen molar-refractivity contribution in [3.8, 4) is 34.9 Å². The number of hydrogen-bond acceptors (Lipinski definition) is 2. The molecule has 0 saturated heterocycles. The topological polar surface area (TPSA) is 67.3 Å². The van der Waals surface area contributed by atoms with Gasteiger partial charge < -0.3 is 18.3 Å². The summed E-state index contributed by atoms with van der Waals surface area (Å²) < 4.78 is 93.6. The van der Waals surface area contributed by atoms with Gasteiger partial charge in [0.2, 0.25) is 0 Å². The predicted molar refractivity (Wildman–Crippen MR) is 543 cm³/mol. The summed E-state index contributed by atoms with van der Waals surface area (Å²) in [4.78, 5) is 0. The van der Waals surface area contributed by atoms with Gasteiger partial charge in [0.25, 0.3) is 0 Å². The van der Waals surface area contributed by atoms with Crippen LogP contribution in [0.1, 0.15) is 24.8 Å². The highest BCUT2D eigenvalue weighted by molar-refractivity contribution is 6.39. The molecule has 6 heteroatoms. The van der Waals surface area contributed by atoms with E-state index in [4.69, 9.17) is 13.7 Å². The lowest BCUT2D eigenvalue weighted by molar-refractivity contribution is 1.19. The summed E-state index contributed by atoms with van der Waals surface area (Å²) in [6.45, 7) is 0. The molecule has 0 fully saturated rings. The Bertz CT molecular complexity index is 10100. The lowest BCUT2D eigenvalue weighted by Crippen LogP contribution is -1.95. The molecular weight excluding hydrogens is 1550 g/mol. The van der Waals surface area contributed by atoms with Crippen molar-refractivity contribution in [3.05, 3.63) is 460 Å². The van der Waals surface area contributed by atoms with Crippen LogP contribution in [0.2, 0.25) is 0 Å². The van der Waals surface area contributed by atoms with E-state index in [0.717, 1.165) is 120 Å². The number of hydrogen-bond donors (Lipinski definition) is 0. The quantitative estimate of drug-likeness (QED) is 0.165. The van der Waals surface area contributed by atoms with Crippen molar-refractivity contribution in [2.24, 2.45) is 0 Å². The fourth-order valence-corrected chi connectivity index (χ4v) is 20.7. The second-order valence-corrected chi connectivity index (χ2v) is 32.7. The van der Waals surface area contributed by atoms with Crippen LogP contribution in [0, 0.1) is 22.7 Å². The van der Waals surface area contributed by atoms with Gasteiger partial charge >= 0.3 is 0 Å². The van der Waals surface area contributed by atoms with Crippen molar-refractivity contribution in [3.63, 3.8) is 0 Å².